The van der Waals surface area contributed by atoms with Crippen molar-refractivity contribution in [2.75, 3.05) is 12.4 Å². The molecule has 2 aromatic carbocycles. The number of aryl methyl sites for hydroxylation is 2. The van der Waals surface area contributed by atoms with Gasteiger partial charge >= 0.3 is 0 Å². The molecule has 2 atom stereocenters. The second-order valence-corrected chi connectivity index (χ2v) is 15.6. The summed E-state index contributed by atoms with van der Waals surface area (Å²) >= 11 is 7.88. The molecule has 0 unspecified atom stereocenters. The predicted octanol–water partition coefficient (Wildman–Crippen LogP) is 9.19. The van der Waals surface area contributed by atoms with E-state index in [0.29, 0.717) is 65.0 Å². The highest BCUT2D eigenvalue weighted by atomic mass is 35.5. The van der Waals surface area contributed by atoms with Crippen LogP contribution in [0, 0.1) is 18.7 Å². The number of methoxy groups -OCH3 is 1. The Morgan fingerprint density at radius 3 is 2.67 bits per heavy atom. The van der Waals surface area contributed by atoms with Gasteiger partial charge in [-0.05, 0) is 103 Å². The summed E-state index contributed by atoms with van der Waals surface area (Å²) in [6.07, 6.45) is 6.25. The number of anilines is 1. The van der Waals surface area contributed by atoms with Crippen LogP contribution in [-0.2, 0) is 25.7 Å². The topological polar surface area (TPSA) is 129 Å². The third-order valence-corrected chi connectivity index (χ3v) is 11.6. The number of rotatable bonds is 10. The molecule has 266 valence electrons. The van der Waals surface area contributed by atoms with Crippen LogP contribution in [0.3, 0.4) is 0 Å². The van der Waals surface area contributed by atoms with E-state index in [0.717, 1.165) is 56.1 Å². The van der Waals surface area contributed by atoms with Crippen LogP contribution < -0.4 is 15.8 Å². The van der Waals surface area contributed by atoms with Gasteiger partial charge in [-0.25, -0.2) is 9.37 Å². The summed E-state index contributed by atoms with van der Waals surface area (Å²) in [5, 5.41) is 14.0. The summed E-state index contributed by atoms with van der Waals surface area (Å²) in [5.41, 5.74) is 13.7. The molecule has 0 aliphatic heterocycles. The summed E-state index contributed by atoms with van der Waals surface area (Å²) in [7, 11) is 1.50. The molecule has 12 heteroatoms. The van der Waals surface area contributed by atoms with Gasteiger partial charge in [0.05, 0.1) is 40.4 Å². The molecular weight excluding hydrogens is 699 g/mol. The number of benzene rings is 2. The molecule has 6 aromatic rings. The molecule has 4 heterocycles. The number of primary amides is 1. The molecule has 2 aliphatic rings. The van der Waals surface area contributed by atoms with E-state index in [1.165, 1.54) is 35.6 Å². The standard InChI is InChI=1S/C40H38ClFN6O3S/c1-19(2)15-30-33(38(43)49)35(34(40-48-47-20(3)51-40)31(45-30)17-22-6-5-21-16-24(41)7-8-25(21)22)32-18-23-13-14-44-39(37(23)52-32)46-29-12-10-27-26(29)9-11-28(42)36(27)50-4/h7-9,11,13-14,16,18-19,22,29H,5-6,10,12,15,17H2,1-4H3,(H2,43,49)(H,44,46)/t22-,29+/m0/s1. The van der Waals surface area contributed by atoms with Crippen molar-refractivity contribution < 1.29 is 18.3 Å². The van der Waals surface area contributed by atoms with Crippen molar-refractivity contribution >= 4 is 44.7 Å². The van der Waals surface area contributed by atoms with E-state index < -0.39 is 5.91 Å². The van der Waals surface area contributed by atoms with E-state index in [1.807, 2.05) is 24.3 Å². The second-order valence-electron chi connectivity index (χ2n) is 14.1. The summed E-state index contributed by atoms with van der Waals surface area (Å²) in [6.45, 7) is 5.95. The Labute approximate surface area is 309 Å². The number of fused-ring (bicyclic) bond motifs is 3. The van der Waals surface area contributed by atoms with Gasteiger partial charge in [0.15, 0.2) is 11.6 Å². The number of hydrogen-bond donors (Lipinski definition) is 2. The third kappa shape index (κ3) is 6.09. The number of hydrogen-bond acceptors (Lipinski definition) is 9. The van der Waals surface area contributed by atoms with E-state index in [1.54, 1.807) is 13.1 Å². The van der Waals surface area contributed by atoms with E-state index in [9.17, 15) is 9.18 Å². The maximum Gasteiger partial charge on any atom is 0.251 e. The minimum absolute atomic E-state index is 0.0828. The molecule has 0 saturated carbocycles. The fraction of sp³-hybridized carbons (Fsp3) is 0.325. The number of nitrogens with zero attached hydrogens (tertiary/aromatic N) is 4. The minimum Gasteiger partial charge on any atom is -0.493 e. The molecule has 0 fully saturated rings. The van der Waals surface area contributed by atoms with Gasteiger partial charge in [0.2, 0.25) is 11.8 Å². The van der Waals surface area contributed by atoms with Crippen LogP contribution in [0.1, 0.15) is 88.5 Å². The largest absolute Gasteiger partial charge is 0.493 e. The number of nitrogens with one attached hydrogen (secondary N) is 1. The first-order valence-electron chi connectivity index (χ1n) is 17.5. The van der Waals surface area contributed by atoms with Crippen LogP contribution in [0.4, 0.5) is 10.2 Å². The minimum atomic E-state index is -0.569. The van der Waals surface area contributed by atoms with Gasteiger partial charge in [0.25, 0.3) is 5.91 Å². The fourth-order valence-corrected chi connectivity index (χ4v) is 9.36. The molecule has 0 spiro atoms. The van der Waals surface area contributed by atoms with Crippen molar-refractivity contribution in [3.8, 4) is 27.6 Å². The molecule has 0 saturated heterocycles. The van der Waals surface area contributed by atoms with Crippen molar-refractivity contribution in [2.45, 2.75) is 71.3 Å². The van der Waals surface area contributed by atoms with Crippen LogP contribution in [0.2, 0.25) is 5.02 Å². The average Bonchev–Trinajstić information content (AvgIpc) is 3.91. The number of thiophene rings is 1. The van der Waals surface area contributed by atoms with Gasteiger partial charge in [-0.2, -0.15) is 0 Å². The highest BCUT2D eigenvalue weighted by molar-refractivity contribution is 7.23. The quantitative estimate of drug-likeness (QED) is 0.142. The Morgan fingerprint density at radius 1 is 1.10 bits per heavy atom. The number of carbonyl (C=O) groups excluding carboxylic acids is 1. The zero-order valence-corrected chi connectivity index (χ0v) is 30.9. The fourth-order valence-electron chi connectivity index (χ4n) is 8.00. The van der Waals surface area contributed by atoms with Crippen LogP contribution in [-0.4, -0.2) is 33.2 Å². The summed E-state index contributed by atoms with van der Waals surface area (Å²) < 4.78 is 27.0. The summed E-state index contributed by atoms with van der Waals surface area (Å²) in [4.78, 5) is 24.4. The van der Waals surface area contributed by atoms with Gasteiger partial charge in [-0.15, -0.1) is 21.5 Å². The monoisotopic (exact) mass is 736 g/mol. The molecule has 52 heavy (non-hydrogen) atoms. The average molecular weight is 737 g/mol. The maximum absolute atomic E-state index is 14.5. The van der Waals surface area contributed by atoms with E-state index in [4.69, 9.17) is 36.5 Å². The van der Waals surface area contributed by atoms with E-state index in [-0.39, 0.29) is 23.7 Å². The van der Waals surface area contributed by atoms with Gasteiger partial charge in [-0.3, -0.25) is 9.78 Å². The number of ether oxygens (including phenoxy) is 1. The number of nitrogens with two attached hydrogens (primary N) is 1. The van der Waals surface area contributed by atoms with Gasteiger partial charge in [0, 0.05) is 34.1 Å². The number of pyridine rings is 2. The van der Waals surface area contributed by atoms with Crippen molar-refractivity contribution in [3.63, 3.8) is 0 Å². The third-order valence-electron chi connectivity index (χ3n) is 10.2. The zero-order valence-electron chi connectivity index (χ0n) is 29.3. The van der Waals surface area contributed by atoms with Crippen molar-refractivity contribution in [1.82, 2.24) is 20.2 Å². The maximum atomic E-state index is 14.5. The molecule has 4 aromatic heterocycles. The first kappa shape index (κ1) is 34.2. The summed E-state index contributed by atoms with van der Waals surface area (Å²) in [5.74, 6) is 1.15. The number of amides is 1. The Balaban J connectivity index is 1.30. The first-order valence-corrected chi connectivity index (χ1v) is 18.7. The van der Waals surface area contributed by atoms with Crippen LogP contribution >= 0.6 is 22.9 Å². The van der Waals surface area contributed by atoms with E-state index in [2.05, 4.69) is 41.5 Å². The molecule has 8 rings (SSSR count). The highest BCUT2D eigenvalue weighted by Crippen LogP contribution is 2.47. The molecule has 2 aliphatic carbocycles. The lowest BCUT2D eigenvalue weighted by Gasteiger charge is -2.21. The van der Waals surface area contributed by atoms with Crippen LogP contribution in [0.25, 0.3) is 32.0 Å². The van der Waals surface area contributed by atoms with Crippen molar-refractivity contribution in [3.05, 3.63) is 105 Å². The second kappa shape index (κ2) is 13.6. The highest BCUT2D eigenvalue weighted by Gasteiger charge is 2.33. The predicted molar refractivity (Wildman–Crippen MR) is 202 cm³/mol. The zero-order chi connectivity index (χ0) is 36.3. The summed E-state index contributed by atoms with van der Waals surface area (Å²) in [6, 6.07) is 13.3. The molecule has 1 amide bonds. The number of aromatic nitrogens is 4. The normalized spacial score (nSPS) is 16.4. The van der Waals surface area contributed by atoms with Gasteiger partial charge in [-0.1, -0.05) is 37.6 Å². The Morgan fingerprint density at radius 2 is 1.92 bits per heavy atom. The van der Waals surface area contributed by atoms with Gasteiger partial charge < -0.3 is 20.2 Å². The lowest BCUT2D eigenvalue weighted by atomic mass is 9.88. The molecule has 9 nitrogen and oxygen atoms in total. The Bertz CT molecular complexity index is 2370. The van der Waals surface area contributed by atoms with Crippen LogP contribution in [0.15, 0.2) is 53.1 Å². The number of halogens is 2. The Hall–Kier alpha value is -4.87. The SMILES string of the molecule is COc1c(F)ccc2c1CC[C@H]2Nc1nccc2cc(-c3c(C(N)=O)c(CC(C)C)nc(C[C@@H]4CCc5cc(Cl)ccc54)c3-c3nnc(C)o3)sc12. The molecule has 0 radical (unpaired) electrons. The van der Waals surface area contributed by atoms with Crippen molar-refractivity contribution in [2.24, 2.45) is 11.7 Å². The molecule has 0 bridgehead atoms. The molecule has 3 N–H and O–H groups in total. The van der Waals surface area contributed by atoms with Gasteiger partial charge in [0.1, 0.15) is 5.82 Å². The molecular formula is C40H38ClFN6O3S. The first-order chi connectivity index (χ1) is 25.1. The Kier molecular flexibility index (Phi) is 8.95. The van der Waals surface area contributed by atoms with Crippen molar-refractivity contribution in [1.29, 1.82) is 0 Å². The number of carbonyl (C=O) groups is 1. The lowest BCUT2D eigenvalue weighted by molar-refractivity contribution is 0.0999. The van der Waals surface area contributed by atoms with E-state index >= 15 is 0 Å². The lowest BCUT2D eigenvalue weighted by Crippen LogP contribution is -2.20. The van der Waals surface area contributed by atoms with Crippen LogP contribution in [0.5, 0.6) is 5.75 Å². The smallest absolute Gasteiger partial charge is 0.251 e.